The normalized spacial score (nSPS) is 10.2. The molecule has 0 unspecified atom stereocenters. The summed E-state index contributed by atoms with van der Waals surface area (Å²) in [5.74, 6) is -1.87. The Bertz CT molecular complexity index is 647. The molecule has 0 radical (unpaired) electrons. The Morgan fingerprint density at radius 1 is 1.33 bits per heavy atom. The highest BCUT2D eigenvalue weighted by molar-refractivity contribution is 5.94. The van der Waals surface area contributed by atoms with Crippen molar-refractivity contribution < 1.29 is 18.3 Å². The second-order valence-corrected chi connectivity index (χ2v) is 4.24. The van der Waals surface area contributed by atoms with Gasteiger partial charge in [-0.15, -0.1) is 0 Å². The van der Waals surface area contributed by atoms with Crippen molar-refractivity contribution in [3.05, 3.63) is 59.4 Å². The summed E-state index contributed by atoms with van der Waals surface area (Å²) < 4.78 is 31.8. The number of benzene rings is 1. The van der Waals surface area contributed by atoms with Crippen LogP contribution in [0.25, 0.3) is 0 Å². The number of nitrogens with one attached hydrogen (secondary N) is 1. The molecule has 0 atom stereocenters. The minimum Gasteiger partial charge on any atom is -0.492 e. The third kappa shape index (κ3) is 3.75. The number of hydrogen-bond donors (Lipinski definition) is 1. The van der Waals surface area contributed by atoms with E-state index in [9.17, 15) is 13.6 Å². The third-order valence-corrected chi connectivity index (χ3v) is 2.76. The maximum atomic E-state index is 13.5. The molecule has 1 heterocycles. The minimum atomic E-state index is -0.959. The average molecular weight is 292 g/mol. The lowest BCUT2D eigenvalue weighted by molar-refractivity contribution is 0.0949. The van der Waals surface area contributed by atoms with E-state index in [1.165, 1.54) is 30.6 Å². The highest BCUT2D eigenvalue weighted by Gasteiger charge is 2.11. The van der Waals surface area contributed by atoms with Crippen LogP contribution >= 0.6 is 0 Å². The smallest absolute Gasteiger partial charge is 0.253 e. The third-order valence-electron chi connectivity index (χ3n) is 2.76. The molecule has 0 fully saturated rings. The number of carbonyl (C=O) groups is 1. The van der Waals surface area contributed by atoms with Gasteiger partial charge in [0, 0.05) is 18.3 Å². The molecule has 1 N–H and O–H groups in total. The second kappa shape index (κ2) is 6.78. The Morgan fingerprint density at radius 2 is 2.14 bits per heavy atom. The topological polar surface area (TPSA) is 51.2 Å². The zero-order chi connectivity index (χ0) is 15.2. The van der Waals surface area contributed by atoms with Crippen LogP contribution in [0.1, 0.15) is 22.8 Å². The lowest BCUT2D eigenvalue weighted by Gasteiger charge is -2.08. The van der Waals surface area contributed by atoms with E-state index in [1.807, 2.05) is 6.92 Å². The zero-order valence-corrected chi connectivity index (χ0v) is 11.4. The maximum absolute atomic E-state index is 13.5. The highest BCUT2D eigenvalue weighted by Crippen LogP contribution is 2.13. The van der Waals surface area contributed by atoms with Crippen molar-refractivity contribution in [2.24, 2.45) is 0 Å². The van der Waals surface area contributed by atoms with Gasteiger partial charge in [0.05, 0.1) is 18.4 Å². The number of amides is 1. The fourth-order valence-electron chi connectivity index (χ4n) is 1.75. The predicted octanol–water partition coefficient (Wildman–Crippen LogP) is 2.69. The summed E-state index contributed by atoms with van der Waals surface area (Å²) in [5, 5.41) is 2.51. The van der Waals surface area contributed by atoms with Crippen molar-refractivity contribution in [2.75, 3.05) is 6.61 Å². The first-order valence-electron chi connectivity index (χ1n) is 6.40. The molecule has 110 valence electrons. The molecular weight excluding hydrogens is 278 g/mol. The number of halogens is 2. The van der Waals surface area contributed by atoms with E-state index in [4.69, 9.17) is 4.74 Å². The van der Waals surface area contributed by atoms with E-state index in [0.717, 1.165) is 6.07 Å². The summed E-state index contributed by atoms with van der Waals surface area (Å²) in [6.45, 7) is 2.17. The van der Waals surface area contributed by atoms with Crippen LogP contribution in [0.5, 0.6) is 5.75 Å². The Hall–Kier alpha value is -2.50. The van der Waals surface area contributed by atoms with Gasteiger partial charge in [0.1, 0.15) is 5.75 Å². The fraction of sp³-hybridized carbons (Fsp3) is 0.200. The number of nitrogens with zero attached hydrogens (tertiary/aromatic N) is 1. The quantitative estimate of drug-likeness (QED) is 0.921. The Balaban J connectivity index is 2.04. The van der Waals surface area contributed by atoms with Gasteiger partial charge < -0.3 is 10.1 Å². The summed E-state index contributed by atoms with van der Waals surface area (Å²) in [5.41, 5.74) is 0.370. The van der Waals surface area contributed by atoms with Crippen LogP contribution in [0.15, 0.2) is 36.7 Å². The van der Waals surface area contributed by atoms with Gasteiger partial charge in [0.15, 0.2) is 11.6 Å². The van der Waals surface area contributed by atoms with Crippen molar-refractivity contribution in [3.8, 4) is 5.75 Å². The Labute approximate surface area is 120 Å². The Morgan fingerprint density at radius 3 is 2.90 bits per heavy atom. The molecule has 6 heteroatoms. The van der Waals surface area contributed by atoms with E-state index in [2.05, 4.69) is 10.3 Å². The van der Waals surface area contributed by atoms with Crippen LogP contribution < -0.4 is 10.1 Å². The molecule has 4 nitrogen and oxygen atoms in total. The van der Waals surface area contributed by atoms with E-state index >= 15 is 0 Å². The van der Waals surface area contributed by atoms with E-state index in [-0.39, 0.29) is 17.7 Å². The van der Waals surface area contributed by atoms with E-state index in [1.54, 1.807) is 0 Å². The minimum absolute atomic E-state index is 0.0808. The molecule has 0 spiro atoms. The van der Waals surface area contributed by atoms with Crippen LogP contribution in [0.4, 0.5) is 8.78 Å². The standard InChI is InChI=1S/C15H14F2N2O2/c1-2-21-12-6-11(7-18-9-12)15(20)19-8-10-4-3-5-13(16)14(10)17/h3-7,9H,2,8H2,1H3,(H,19,20). The monoisotopic (exact) mass is 292 g/mol. The summed E-state index contributed by atoms with van der Waals surface area (Å²) >= 11 is 0. The van der Waals surface area contributed by atoms with Gasteiger partial charge in [-0.25, -0.2) is 8.78 Å². The molecule has 0 aliphatic carbocycles. The lowest BCUT2D eigenvalue weighted by atomic mass is 10.2. The van der Waals surface area contributed by atoms with Crippen LogP contribution in [-0.2, 0) is 6.54 Å². The largest absolute Gasteiger partial charge is 0.492 e. The summed E-state index contributed by atoms with van der Waals surface area (Å²) in [4.78, 5) is 15.8. The molecule has 2 aromatic rings. The first-order chi connectivity index (χ1) is 10.1. The molecular formula is C15H14F2N2O2. The first-order valence-corrected chi connectivity index (χ1v) is 6.40. The first kappa shape index (κ1) is 14.9. The second-order valence-electron chi connectivity index (χ2n) is 4.24. The van der Waals surface area contributed by atoms with Crippen molar-refractivity contribution >= 4 is 5.91 Å². The number of pyridine rings is 1. The Kier molecular flexibility index (Phi) is 4.81. The van der Waals surface area contributed by atoms with Crippen LogP contribution in [-0.4, -0.2) is 17.5 Å². The number of ether oxygens (including phenoxy) is 1. The molecule has 1 aromatic carbocycles. The number of carbonyl (C=O) groups excluding carboxylic acids is 1. The van der Waals surface area contributed by atoms with Crippen LogP contribution in [0, 0.1) is 11.6 Å². The maximum Gasteiger partial charge on any atom is 0.253 e. The molecule has 1 aromatic heterocycles. The molecule has 0 aliphatic heterocycles. The van der Waals surface area contributed by atoms with E-state index in [0.29, 0.717) is 12.4 Å². The fourth-order valence-corrected chi connectivity index (χ4v) is 1.75. The molecule has 0 saturated heterocycles. The predicted molar refractivity (Wildman–Crippen MR) is 72.9 cm³/mol. The van der Waals surface area contributed by atoms with Crippen molar-refractivity contribution in [3.63, 3.8) is 0 Å². The molecule has 0 bridgehead atoms. The van der Waals surface area contributed by atoms with Crippen LogP contribution in [0.3, 0.4) is 0 Å². The number of hydrogen-bond acceptors (Lipinski definition) is 3. The number of aromatic nitrogens is 1. The van der Waals surface area contributed by atoms with Gasteiger partial charge >= 0.3 is 0 Å². The van der Waals surface area contributed by atoms with Crippen molar-refractivity contribution in [1.82, 2.24) is 10.3 Å². The van der Waals surface area contributed by atoms with Gasteiger partial charge in [-0.1, -0.05) is 12.1 Å². The summed E-state index contributed by atoms with van der Waals surface area (Å²) in [6, 6.07) is 5.36. The van der Waals surface area contributed by atoms with E-state index < -0.39 is 17.5 Å². The molecule has 21 heavy (non-hydrogen) atoms. The van der Waals surface area contributed by atoms with Gasteiger partial charge in [-0.05, 0) is 19.1 Å². The van der Waals surface area contributed by atoms with Crippen LogP contribution in [0.2, 0.25) is 0 Å². The average Bonchev–Trinajstić information content (AvgIpc) is 2.49. The number of rotatable bonds is 5. The van der Waals surface area contributed by atoms with Crippen molar-refractivity contribution in [2.45, 2.75) is 13.5 Å². The van der Waals surface area contributed by atoms with Gasteiger partial charge in [0.2, 0.25) is 0 Å². The SMILES string of the molecule is CCOc1cncc(C(=O)NCc2cccc(F)c2F)c1. The van der Waals surface area contributed by atoms with Gasteiger partial charge in [0.25, 0.3) is 5.91 Å². The molecule has 2 rings (SSSR count). The molecule has 0 aliphatic rings. The highest BCUT2D eigenvalue weighted by atomic mass is 19.2. The van der Waals surface area contributed by atoms with Crippen molar-refractivity contribution in [1.29, 1.82) is 0 Å². The lowest BCUT2D eigenvalue weighted by Crippen LogP contribution is -2.23. The summed E-state index contributed by atoms with van der Waals surface area (Å²) in [7, 11) is 0. The van der Waals surface area contributed by atoms with Gasteiger partial charge in [-0.2, -0.15) is 0 Å². The summed E-state index contributed by atoms with van der Waals surface area (Å²) in [6.07, 6.45) is 2.87. The molecule has 0 saturated carbocycles. The molecule has 1 amide bonds. The zero-order valence-electron chi connectivity index (χ0n) is 11.4. The van der Waals surface area contributed by atoms with Gasteiger partial charge in [-0.3, -0.25) is 9.78 Å².